The minimum absolute atomic E-state index is 0.168. The number of benzene rings is 1. The molecular weight excluding hydrogens is 428 g/mol. The number of rotatable bonds is 6. The Morgan fingerprint density at radius 1 is 1.09 bits per heavy atom. The topological polar surface area (TPSA) is 100 Å². The lowest BCUT2D eigenvalue weighted by molar-refractivity contribution is 0.102. The molecule has 4 rings (SSSR count). The second-order valence-electron chi connectivity index (χ2n) is 7.56. The molecule has 0 radical (unpaired) electrons. The predicted octanol–water partition coefficient (Wildman–Crippen LogP) is 2.15. The van der Waals surface area contributed by atoms with Crippen LogP contribution in [0.3, 0.4) is 0 Å². The van der Waals surface area contributed by atoms with Crippen molar-refractivity contribution in [3.05, 3.63) is 66.1 Å². The van der Waals surface area contributed by atoms with Crippen LogP contribution in [0.25, 0.3) is 5.82 Å². The Morgan fingerprint density at radius 2 is 1.88 bits per heavy atom. The number of amides is 1. The van der Waals surface area contributed by atoms with Gasteiger partial charge in [0.05, 0.1) is 22.3 Å². The van der Waals surface area contributed by atoms with Gasteiger partial charge in [-0.15, -0.1) is 0 Å². The molecule has 32 heavy (non-hydrogen) atoms. The van der Waals surface area contributed by atoms with E-state index in [1.54, 1.807) is 48.1 Å². The molecule has 1 aliphatic rings. The van der Waals surface area contributed by atoms with Gasteiger partial charge in [0.1, 0.15) is 0 Å². The molecule has 1 fully saturated rings. The Morgan fingerprint density at radius 3 is 2.56 bits per heavy atom. The average molecular weight is 455 g/mol. The lowest BCUT2D eigenvalue weighted by atomic mass is 10.2. The van der Waals surface area contributed by atoms with Crippen molar-refractivity contribution >= 4 is 21.6 Å². The number of hydrogen-bond donors (Lipinski definition) is 1. The highest BCUT2D eigenvalue weighted by Crippen LogP contribution is 2.22. The van der Waals surface area contributed by atoms with E-state index >= 15 is 0 Å². The zero-order valence-corrected chi connectivity index (χ0v) is 18.9. The molecule has 1 N–H and O–H groups in total. The number of nitrogens with one attached hydrogen (secondary N) is 1. The highest BCUT2D eigenvalue weighted by atomic mass is 32.2. The van der Waals surface area contributed by atoms with Crippen LogP contribution in [0.5, 0.6) is 0 Å². The number of piperazine rings is 1. The smallest absolute Gasteiger partial charge is 0.259 e. The first-order valence-electron chi connectivity index (χ1n) is 10.5. The molecule has 1 aliphatic heterocycles. The van der Waals surface area contributed by atoms with Crippen LogP contribution in [-0.4, -0.2) is 71.0 Å². The van der Waals surface area contributed by atoms with Crippen LogP contribution in [0.4, 0.5) is 5.69 Å². The highest BCUT2D eigenvalue weighted by Gasteiger charge is 2.28. The number of nitrogens with zero attached hydrogens (tertiary/aromatic N) is 5. The molecule has 0 spiro atoms. The maximum Gasteiger partial charge on any atom is 0.259 e. The lowest BCUT2D eigenvalue weighted by Crippen LogP contribution is -2.48. The summed E-state index contributed by atoms with van der Waals surface area (Å²) >= 11 is 0. The summed E-state index contributed by atoms with van der Waals surface area (Å²) in [5, 5.41) is 7.06. The maximum absolute atomic E-state index is 13.1. The van der Waals surface area contributed by atoms with E-state index in [4.69, 9.17) is 0 Å². The monoisotopic (exact) mass is 454 g/mol. The molecule has 2 aromatic heterocycles. The third kappa shape index (κ3) is 4.43. The van der Waals surface area contributed by atoms with Gasteiger partial charge in [-0.05, 0) is 43.8 Å². The zero-order valence-electron chi connectivity index (χ0n) is 18.1. The number of carbonyl (C=O) groups is 1. The van der Waals surface area contributed by atoms with Crippen LogP contribution < -0.4 is 5.32 Å². The van der Waals surface area contributed by atoms with Gasteiger partial charge in [-0.2, -0.15) is 9.40 Å². The molecule has 3 heterocycles. The van der Waals surface area contributed by atoms with E-state index in [1.807, 2.05) is 6.07 Å². The van der Waals surface area contributed by atoms with E-state index in [0.717, 1.165) is 6.54 Å². The van der Waals surface area contributed by atoms with Crippen molar-refractivity contribution in [1.29, 1.82) is 0 Å². The van der Waals surface area contributed by atoms with Gasteiger partial charge in [-0.3, -0.25) is 4.79 Å². The van der Waals surface area contributed by atoms with Crippen molar-refractivity contribution in [3.63, 3.8) is 0 Å². The number of carbonyl (C=O) groups excluding carboxylic acids is 1. The number of sulfonamides is 1. The third-order valence-electron chi connectivity index (χ3n) is 5.63. The van der Waals surface area contributed by atoms with Crippen molar-refractivity contribution in [2.24, 2.45) is 0 Å². The van der Waals surface area contributed by atoms with Crippen molar-refractivity contribution in [1.82, 2.24) is 24.0 Å². The normalized spacial score (nSPS) is 15.6. The number of anilines is 1. The van der Waals surface area contributed by atoms with Crippen molar-refractivity contribution in [3.8, 4) is 5.82 Å². The fourth-order valence-corrected chi connectivity index (χ4v) is 5.18. The van der Waals surface area contributed by atoms with Crippen LogP contribution in [0.1, 0.15) is 23.0 Å². The predicted molar refractivity (Wildman–Crippen MR) is 121 cm³/mol. The van der Waals surface area contributed by atoms with Crippen molar-refractivity contribution < 1.29 is 13.2 Å². The third-order valence-corrected chi connectivity index (χ3v) is 7.52. The first kappa shape index (κ1) is 22.1. The molecule has 10 heteroatoms. The van der Waals surface area contributed by atoms with Crippen LogP contribution in [0.2, 0.25) is 0 Å². The Hall–Kier alpha value is -3.08. The first-order valence-corrected chi connectivity index (χ1v) is 11.9. The quantitative estimate of drug-likeness (QED) is 0.613. The molecular formula is C22H26N6O3S. The first-order chi connectivity index (χ1) is 15.4. The van der Waals surface area contributed by atoms with Crippen LogP contribution >= 0.6 is 0 Å². The van der Waals surface area contributed by atoms with Crippen molar-refractivity contribution in [2.45, 2.75) is 18.7 Å². The molecule has 168 valence electrons. The molecule has 0 bridgehead atoms. The molecule has 0 aliphatic carbocycles. The summed E-state index contributed by atoms with van der Waals surface area (Å²) in [6.07, 6.45) is 3.14. The standard InChI is InChI=1S/C22H26N6O3S/c1-3-26-11-13-27(14-12-26)32(30,31)19-8-6-7-18(15-19)25-22(29)20-16-24-28(17(20)2)21-9-4-5-10-23-21/h4-10,15-16H,3,11-14H2,1-2H3,(H,25,29). The van der Waals surface area contributed by atoms with Gasteiger partial charge in [-0.25, -0.2) is 18.1 Å². The summed E-state index contributed by atoms with van der Waals surface area (Å²) in [5.41, 5.74) is 1.44. The van der Waals surface area contributed by atoms with Gasteiger partial charge in [0.2, 0.25) is 10.0 Å². The van der Waals surface area contributed by atoms with E-state index in [-0.39, 0.29) is 10.8 Å². The van der Waals surface area contributed by atoms with Gasteiger partial charge in [-0.1, -0.05) is 19.1 Å². The lowest BCUT2D eigenvalue weighted by Gasteiger charge is -2.33. The largest absolute Gasteiger partial charge is 0.322 e. The number of pyridine rings is 1. The van der Waals surface area contributed by atoms with Crippen molar-refractivity contribution in [2.75, 3.05) is 38.0 Å². The Labute approximate surface area is 187 Å². The van der Waals surface area contributed by atoms with E-state index < -0.39 is 10.0 Å². The van der Waals surface area contributed by atoms with Gasteiger partial charge >= 0.3 is 0 Å². The molecule has 3 aromatic rings. The minimum atomic E-state index is -3.63. The molecule has 0 saturated carbocycles. The number of aromatic nitrogens is 3. The Balaban J connectivity index is 1.51. The molecule has 0 atom stereocenters. The Kier molecular flexibility index (Phi) is 6.35. The summed E-state index contributed by atoms with van der Waals surface area (Å²) in [5.74, 6) is 0.246. The van der Waals surface area contributed by atoms with Gasteiger partial charge < -0.3 is 10.2 Å². The second kappa shape index (κ2) is 9.19. The second-order valence-corrected chi connectivity index (χ2v) is 9.50. The fourth-order valence-electron chi connectivity index (χ4n) is 3.71. The van der Waals surface area contributed by atoms with E-state index in [0.29, 0.717) is 48.9 Å². The maximum atomic E-state index is 13.1. The van der Waals surface area contributed by atoms with E-state index in [1.165, 1.54) is 16.6 Å². The van der Waals surface area contributed by atoms with Crippen LogP contribution in [0.15, 0.2) is 59.8 Å². The summed E-state index contributed by atoms with van der Waals surface area (Å²) in [6.45, 7) is 7.10. The highest BCUT2D eigenvalue weighted by molar-refractivity contribution is 7.89. The molecule has 9 nitrogen and oxygen atoms in total. The van der Waals surface area contributed by atoms with Gasteiger partial charge in [0.25, 0.3) is 5.91 Å². The summed E-state index contributed by atoms with van der Waals surface area (Å²) in [7, 11) is -3.63. The summed E-state index contributed by atoms with van der Waals surface area (Å²) in [4.78, 5) is 19.5. The number of likely N-dealkylation sites (N-methyl/N-ethyl adjacent to an activating group) is 1. The number of hydrogen-bond acceptors (Lipinski definition) is 6. The zero-order chi connectivity index (χ0) is 22.7. The summed E-state index contributed by atoms with van der Waals surface area (Å²) < 4.78 is 29.2. The molecule has 1 amide bonds. The van der Waals surface area contributed by atoms with E-state index in [9.17, 15) is 13.2 Å². The fraction of sp³-hybridized carbons (Fsp3) is 0.318. The average Bonchev–Trinajstić information content (AvgIpc) is 3.21. The molecule has 1 saturated heterocycles. The Bertz CT molecular complexity index is 1200. The minimum Gasteiger partial charge on any atom is -0.322 e. The SMILES string of the molecule is CCN1CCN(S(=O)(=O)c2cccc(NC(=O)c3cnn(-c4ccccn4)c3C)c2)CC1. The van der Waals surface area contributed by atoms with E-state index in [2.05, 4.69) is 27.2 Å². The van der Waals surface area contributed by atoms with Crippen LogP contribution in [0, 0.1) is 6.92 Å². The molecule has 0 unspecified atom stereocenters. The van der Waals surface area contributed by atoms with Gasteiger partial charge in [0.15, 0.2) is 5.82 Å². The molecule has 1 aromatic carbocycles. The van der Waals surface area contributed by atoms with Gasteiger partial charge in [0, 0.05) is 38.1 Å². The summed E-state index contributed by atoms with van der Waals surface area (Å²) in [6, 6.07) is 11.8. The van der Waals surface area contributed by atoms with Crippen LogP contribution in [-0.2, 0) is 10.0 Å².